The Morgan fingerprint density at radius 1 is 1.30 bits per heavy atom. The minimum atomic E-state index is -1.13. The van der Waals surface area contributed by atoms with Crippen LogP contribution in [0, 0.1) is 0 Å². The van der Waals surface area contributed by atoms with Gasteiger partial charge in [-0.15, -0.1) is 12.6 Å². The number of nitrogens with two attached hydrogens (primary N) is 2. The summed E-state index contributed by atoms with van der Waals surface area (Å²) in [7, 11) is 0. The van der Waals surface area contributed by atoms with Crippen molar-refractivity contribution in [2.75, 3.05) is 0 Å². The third-order valence-electron chi connectivity index (χ3n) is 1.04. The van der Waals surface area contributed by atoms with E-state index >= 15 is 0 Å². The molecular weight excluding hydrogens is 148 g/mol. The van der Waals surface area contributed by atoms with Gasteiger partial charge in [-0.25, -0.2) is 0 Å². The number of carbonyl (C=O) groups excluding carboxylic acids is 1. The summed E-state index contributed by atoms with van der Waals surface area (Å²) < 4.78 is 0. The molecule has 0 fully saturated rings. The predicted octanol–water partition coefficient (Wildman–Crippen LogP) is -0.102. The van der Waals surface area contributed by atoms with Crippen molar-refractivity contribution >= 4 is 18.4 Å². The number of hydrogen-bond acceptors (Lipinski definition) is 4. The van der Waals surface area contributed by atoms with E-state index < -0.39 is 10.4 Å². The number of hydrogen-bond donors (Lipinski definition) is 3. The van der Waals surface area contributed by atoms with Gasteiger partial charge in [0, 0.05) is 0 Å². The number of rotatable bonds is 2. The molecule has 0 aliphatic carbocycles. The highest BCUT2D eigenvalue weighted by Gasteiger charge is 2.33. The van der Waals surface area contributed by atoms with Crippen molar-refractivity contribution in [3.8, 4) is 0 Å². The van der Waals surface area contributed by atoms with E-state index in [1.54, 1.807) is 13.8 Å². The molecule has 60 valence electrons. The third kappa shape index (κ3) is 2.68. The minimum absolute atomic E-state index is 0.261. The van der Waals surface area contributed by atoms with Crippen molar-refractivity contribution < 1.29 is 4.79 Å². The van der Waals surface area contributed by atoms with Gasteiger partial charge in [0.05, 0.1) is 5.54 Å². The molecule has 0 aromatic heterocycles. The van der Waals surface area contributed by atoms with Crippen molar-refractivity contribution in [1.82, 2.24) is 0 Å². The molecule has 1 atom stereocenters. The lowest BCUT2D eigenvalue weighted by atomic mass is 9.96. The van der Waals surface area contributed by atoms with Crippen LogP contribution in [0.15, 0.2) is 0 Å². The second-order valence-corrected chi connectivity index (χ2v) is 4.13. The van der Waals surface area contributed by atoms with Crippen LogP contribution in [0.25, 0.3) is 0 Å². The zero-order chi connectivity index (χ0) is 8.58. The average molecular weight is 162 g/mol. The lowest BCUT2D eigenvalue weighted by Gasteiger charge is -2.25. The molecule has 0 saturated heterocycles. The van der Waals surface area contributed by atoms with Crippen LogP contribution >= 0.6 is 12.6 Å². The Bertz CT molecular complexity index is 127. The van der Waals surface area contributed by atoms with Gasteiger partial charge in [-0.2, -0.15) is 0 Å². The molecule has 0 rings (SSSR count). The fourth-order valence-corrected chi connectivity index (χ4v) is 0.940. The van der Waals surface area contributed by atoms with Crippen LogP contribution in [-0.2, 0) is 4.79 Å². The predicted molar refractivity (Wildman–Crippen MR) is 44.9 cm³/mol. The van der Waals surface area contributed by atoms with E-state index in [9.17, 15) is 4.79 Å². The highest BCUT2D eigenvalue weighted by atomic mass is 32.1. The lowest BCUT2D eigenvalue weighted by molar-refractivity contribution is -0.124. The van der Waals surface area contributed by atoms with Gasteiger partial charge in [0.1, 0.15) is 4.87 Å². The number of thiol groups is 1. The molecule has 0 amide bonds. The van der Waals surface area contributed by atoms with E-state index in [1.807, 2.05) is 0 Å². The van der Waals surface area contributed by atoms with Crippen LogP contribution in [0.3, 0.4) is 0 Å². The normalized spacial score (nSPS) is 18.2. The average Bonchev–Trinajstić information content (AvgIpc) is 1.59. The Labute approximate surface area is 66.6 Å². The maximum Gasteiger partial charge on any atom is 0.181 e. The zero-order valence-electron chi connectivity index (χ0n) is 6.51. The summed E-state index contributed by atoms with van der Waals surface area (Å²) in [6.07, 6.45) is 0. The third-order valence-corrected chi connectivity index (χ3v) is 1.25. The molecule has 0 radical (unpaired) electrons. The molecule has 1 unspecified atom stereocenters. The van der Waals surface area contributed by atoms with Crippen LogP contribution in [0.1, 0.15) is 20.8 Å². The van der Waals surface area contributed by atoms with Gasteiger partial charge in [-0.3, -0.25) is 4.79 Å². The molecule has 0 aromatic rings. The second kappa shape index (κ2) is 2.53. The smallest absolute Gasteiger partial charge is 0.181 e. The van der Waals surface area contributed by atoms with E-state index in [0.717, 1.165) is 0 Å². The Morgan fingerprint density at radius 2 is 1.60 bits per heavy atom. The highest BCUT2D eigenvalue weighted by molar-refractivity contribution is 7.82. The van der Waals surface area contributed by atoms with E-state index in [2.05, 4.69) is 12.6 Å². The summed E-state index contributed by atoms with van der Waals surface area (Å²) in [5.41, 5.74) is 9.99. The van der Waals surface area contributed by atoms with Crippen LogP contribution in [0.2, 0.25) is 0 Å². The van der Waals surface area contributed by atoms with Crippen LogP contribution in [0.5, 0.6) is 0 Å². The van der Waals surface area contributed by atoms with Crippen molar-refractivity contribution in [2.45, 2.75) is 31.2 Å². The van der Waals surface area contributed by atoms with Crippen molar-refractivity contribution in [1.29, 1.82) is 0 Å². The molecule has 0 spiro atoms. The lowest BCUT2D eigenvalue weighted by Crippen LogP contribution is -2.54. The summed E-state index contributed by atoms with van der Waals surface area (Å²) in [6.45, 7) is 4.74. The fraction of sp³-hybridized carbons (Fsp3) is 0.833. The van der Waals surface area contributed by atoms with Crippen LogP contribution in [0.4, 0.5) is 0 Å². The van der Waals surface area contributed by atoms with Crippen molar-refractivity contribution in [3.05, 3.63) is 0 Å². The maximum atomic E-state index is 11.2. The first kappa shape index (κ1) is 9.94. The topological polar surface area (TPSA) is 69.1 Å². The molecule has 3 nitrogen and oxygen atoms in total. The SMILES string of the molecule is CC(C)(N)C(=O)C(C)(N)S. The standard InChI is InChI=1S/C6H14N2OS/c1-5(2,7)4(9)6(3,8)10/h10H,7-8H2,1-3H3. The van der Waals surface area contributed by atoms with Crippen molar-refractivity contribution in [3.63, 3.8) is 0 Å². The molecule has 0 saturated carbocycles. The van der Waals surface area contributed by atoms with E-state index in [1.165, 1.54) is 6.92 Å². The first-order chi connectivity index (χ1) is 4.15. The van der Waals surface area contributed by atoms with Gasteiger partial charge in [0.25, 0.3) is 0 Å². The molecule has 0 aromatic carbocycles. The second-order valence-electron chi connectivity index (χ2n) is 3.20. The molecule has 0 aliphatic heterocycles. The first-order valence-electron chi connectivity index (χ1n) is 3.01. The highest BCUT2D eigenvalue weighted by Crippen LogP contribution is 2.13. The minimum Gasteiger partial charge on any atom is -0.319 e. The molecule has 10 heavy (non-hydrogen) atoms. The molecule has 0 bridgehead atoms. The monoisotopic (exact) mass is 162 g/mol. The Hall–Kier alpha value is -0.0600. The summed E-state index contributed by atoms with van der Waals surface area (Å²) in [4.78, 5) is 10.0. The molecule has 0 heterocycles. The summed E-state index contributed by atoms with van der Waals surface area (Å²) in [5.74, 6) is -0.261. The van der Waals surface area contributed by atoms with Gasteiger partial charge in [0.15, 0.2) is 5.78 Å². The number of carbonyl (C=O) groups is 1. The Morgan fingerprint density at radius 3 is 1.60 bits per heavy atom. The van der Waals surface area contributed by atoms with Gasteiger partial charge in [-0.1, -0.05) is 0 Å². The van der Waals surface area contributed by atoms with Gasteiger partial charge in [0.2, 0.25) is 0 Å². The van der Waals surface area contributed by atoms with Gasteiger partial charge >= 0.3 is 0 Å². The Balaban J connectivity index is 4.40. The van der Waals surface area contributed by atoms with Gasteiger partial charge in [-0.05, 0) is 20.8 Å². The maximum absolute atomic E-state index is 11.2. The molecule has 4 heteroatoms. The number of Topliss-reactive ketones (excluding diaryl/α,β-unsaturated/α-hetero) is 1. The van der Waals surface area contributed by atoms with Crippen LogP contribution in [-0.4, -0.2) is 16.2 Å². The quantitative estimate of drug-likeness (QED) is 0.392. The molecular formula is C6H14N2OS. The van der Waals surface area contributed by atoms with E-state index in [0.29, 0.717) is 0 Å². The van der Waals surface area contributed by atoms with Crippen molar-refractivity contribution in [2.24, 2.45) is 11.5 Å². The summed E-state index contributed by atoms with van der Waals surface area (Å²) in [6, 6.07) is 0. The number of ketones is 1. The van der Waals surface area contributed by atoms with Gasteiger partial charge < -0.3 is 11.5 Å². The van der Waals surface area contributed by atoms with E-state index in [4.69, 9.17) is 11.5 Å². The zero-order valence-corrected chi connectivity index (χ0v) is 7.40. The summed E-state index contributed by atoms with van der Waals surface area (Å²) in [5, 5.41) is 0. The van der Waals surface area contributed by atoms with Crippen LogP contribution < -0.4 is 11.5 Å². The fourth-order valence-electron chi connectivity index (χ4n) is 0.652. The molecule has 0 aliphatic rings. The molecule has 4 N–H and O–H groups in total. The van der Waals surface area contributed by atoms with E-state index in [-0.39, 0.29) is 5.78 Å². The largest absolute Gasteiger partial charge is 0.319 e. The summed E-state index contributed by atoms with van der Waals surface area (Å²) >= 11 is 3.89. The first-order valence-corrected chi connectivity index (χ1v) is 3.45. The Kier molecular flexibility index (Phi) is 2.51.